The van der Waals surface area contributed by atoms with Gasteiger partial charge in [0.15, 0.2) is 0 Å². The van der Waals surface area contributed by atoms with Crippen molar-refractivity contribution in [3.05, 3.63) is 29.8 Å². The summed E-state index contributed by atoms with van der Waals surface area (Å²) in [5.74, 6) is 0.703. The van der Waals surface area contributed by atoms with E-state index in [1.807, 2.05) is 0 Å². The summed E-state index contributed by atoms with van der Waals surface area (Å²) in [6.45, 7) is 1.32. The van der Waals surface area contributed by atoms with Crippen molar-refractivity contribution in [3.8, 4) is 5.75 Å². The minimum Gasteiger partial charge on any atom is -0.497 e. The first-order chi connectivity index (χ1) is 8.19. The number of ether oxygens (including phenoxy) is 1. The maximum absolute atomic E-state index is 11.8. The fourth-order valence-electron chi connectivity index (χ4n) is 1.74. The van der Waals surface area contributed by atoms with Crippen molar-refractivity contribution >= 4 is 5.91 Å². The van der Waals surface area contributed by atoms with Gasteiger partial charge in [-0.2, -0.15) is 0 Å². The second kappa shape index (κ2) is 4.75. The standard InChI is InChI=1S/C13H18N2O2/c1-17-11-4-2-10(3-5-11)12(16)15-9-13(8-14)6-7-13/h2-5H,6-9,14H2,1H3,(H,15,16). The molecule has 0 heterocycles. The Morgan fingerprint density at radius 2 is 2.06 bits per heavy atom. The number of hydrogen-bond acceptors (Lipinski definition) is 3. The molecule has 17 heavy (non-hydrogen) atoms. The number of carbonyl (C=O) groups excluding carboxylic acids is 1. The van der Waals surface area contributed by atoms with Crippen LogP contribution in [0.1, 0.15) is 23.2 Å². The predicted octanol–water partition coefficient (Wildman–Crippen LogP) is 1.16. The van der Waals surface area contributed by atoms with Gasteiger partial charge in [-0.3, -0.25) is 4.79 Å². The molecule has 0 bridgehead atoms. The average molecular weight is 234 g/mol. The number of benzene rings is 1. The van der Waals surface area contributed by atoms with Crippen LogP contribution in [-0.2, 0) is 0 Å². The smallest absolute Gasteiger partial charge is 0.251 e. The van der Waals surface area contributed by atoms with E-state index >= 15 is 0 Å². The predicted molar refractivity (Wildman–Crippen MR) is 66.0 cm³/mol. The summed E-state index contributed by atoms with van der Waals surface area (Å²) in [6, 6.07) is 7.09. The third-order valence-corrected chi connectivity index (χ3v) is 3.37. The summed E-state index contributed by atoms with van der Waals surface area (Å²) in [5.41, 5.74) is 6.48. The molecule has 92 valence electrons. The molecule has 0 aliphatic heterocycles. The Bertz CT molecular complexity index is 396. The van der Waals surface area contributed by atoms with E-state index in [9.17, 15) is 4.79 Å². The molecule has 4 nitrogen and oxygen atoms in total. The number of nitrogens with one attached hydrogen (secondary N) is 1. The third-order valence-electron chi connectivity index (χ3n) is 3.37. The number of amides is 1. The van der Waals surface area contributed by atoms with Gasteiger partial charge in [-0.25, -0.2) is 0 Å². The molecule has 4 heteroatoms. The lowest BCUT2D eigenvalue weighted by atomic mass is 10.1. The van der Waals surface area contributed by atoms with Crippen LogP contribution in [0.5, 0.6) is 5.75 Å². The molecule has 1 aliphatic rings. The Morgan fingerprint density at radius 3 is 2.53 bits per heavy atom. The SMILES string of the molecule is COc1ccc(C(=O)NCC2(CN)CC2)cc1. The summed E-state index contributed by atoms with van der Waals surface area (Å²) in [6.07, 6.45) is 2.23. The maximum atomic E-state index is 11.8. The van der Waals surface area contributed by atoms with Crippen LogP contribution in [0, 0.1) is 5.41 Å². The van der Waals surface area contributed by atoms with Crippen molar-refractivity contribution in [1.29, 1.82) is 0 Å². The van der Waals surface area contributed by atoms with Crippen LogP contribution in [0.4, 0.5) is 0 Å². The fraction of sp³-hybridized carbons (Fsp3) is 0.462. The molecule has 1 amide bonds. The molecule has 0 atom stereocenters. The van der Waals surface area contributed by atoms with Crippen LogP contribution < -0.4 is 15.8 Å². The molecule has 1 aliphatic carbocycles. The monoisotopic (exact) mass is 234 g/mol. The molecule has 1 aromatic rings. The maximum Gasteiger partial charge on any atom is 0.251 e. The number of carbonyl (C=O) groups is 1. The van der Waals surface area contributed by atoms with E-state index in [-0.39, 0.29) is 11.3 Å². The average Bonchev–Trinajstić information content (AvgIpc) is 3.17. The van der Waals surface area contributed by atoms with Crippen molar-refractivity contribution in [2.24, 2.45) is 11.1 Å². The first kappa shape index (κ1) is 11.9. The van der Waals surface area contributed by atoms with Crippen molar-refractivity contribution < 1.29 is 9.53 Å². The lowest BCUT2D eigenvalue weighted by Crippen LogP contribution is -2.33. The normalized spacial score (nSPS) is 16.4. The highest BCUT2D eigenvalue weighted by atomic mass is 16.5. The van der Waals surface area contributed by atoms with Crippen molar-refractivity contribution in [2.45, 2.75) is 12.8 Å². The molecular formula is C13H18N2O2. The highest BCUT2D eigenvalue weighted by Crippen LogP contribution is 2.43. The van der Waals surface area contributed by atoms with E-state index in [1.165, 1.54) is 0 Å². The van der Waals surface area contributed by atoms with E-state index in [0.29, 0.717) is 18.7 Å². The van der Waals surface area contributed by atoms with Gasteiger partial charge in [-0.1, -0.05) is 0 Å². The van der Waals surface area contributed by atoms with E-state index in [2.05, 4.69) is 5.32 Å². The van der Waals surface area contributed by atoms with Gasteiger partial charge in [0.25, 0.3) is 5.91 Å². The van der Waals surface area contributed by atoms with Gasteiger partial charge in [0, 0.05) is 17.5 Å². The zero-order valence-corrected chi connectivity index (χ0v) is 10.0. The van der Waals surface area contributed by atoms with Gasteiger partial charge < -0.3 is 15.8 Å². The first-order valence-electron chi connectivity index (χ1n) is 5.81. The van der Waals surface area contributed by atoms with Gasteiger partial charge in [-0.15, -0.1) is 0 Å². The molecule has 0 spiro atoms. The molecule has 0 saturated heterocycles. The minimum absolute atomic E-state index is 0.0487. The molecule has 2 rings (SSSR count). The zero-order chi connectivity index (χ0) is 12.3. The van der Waals surface area contributed by atoms with Gasteiger partial charge in [-0.05, 0) is 43.7 Å². The van der Waals surface area contributed by atoms with Gasteiger partial charge in [0.1, 0.15) is 5.75 Å². The molecule has 0 unspecified atom stereocenters. The molecular weight excluding hydrogens is 216 g/mol. The number of methoxy groups -OCH3 is 1. The summed E-state index contributed by atoms with van der Waals surface area (Å²) >= 11 is 0. The molecule has 3 N–H and O–H groups in total. The van der Waals surface area contributed by atoms with Crippen LogP contribution in [0.15, 0.2) is 24.3 Å². The topological polar surface area (TPSA) is 64.3 Å². The van der Waals surface area contributed by atoms with Crippen LogP contribution in [0.25, 0.3) is 0 Å². The van der Waals surface area contributed by atoms with Crippen LogP contribution in [-0.4, -0.2) is 26.1 Å². The van der Waals surface area contributed by atoms with Crippen LogP contribution in [0.2, 0.25) is 0 Å². The Balaban J connectivity index is 1.90. The van der Waals surface area contributed by atoms with Crippen molar-refractivity contribution in [2.75, 3.05) is 20.2 Å². The summed E-state index contributed by atoms with van der Waals surface area (Å²) in [5, 5.41) is 2.93. The largest absolute Gasteiger partial charge is 0.497 e. The summed E-state index contributed by atoms with van der Waals surface area (Å²) in [4.78, 5) is 11.8. The van der Waals surface area contributed by atoms with E-state index in [1.54, 1.807) is 31.4 Å². The van der Waals surface area contributed by atoms with Gasteiger partial charge in [0.2, 0.25) is 0 Å². The van der Waals surface area contributed by atoms with Gasteiger partial charge in [0.05, 0.1) is 7.11 Å². The van der Waals surface area contributed by atoms with Crippen LogP contribution >= 0.6 is 0 Å². The molecule has 1 saturated carbocycles. The summed E-state index contributed by atoms with van der Waals surface area (Å²) in [7, 11) is 1.60. The van der Waals surface area contributed by atoms with Gasteiger partial charge >= 0.3 is 0 Å². The Morgan fingerprint density at radius 1 is 1.41 bits per heavy atom. The summed E-state index contributed by atoms with van der Waals surface area (Å²) < 4.78 is 5.04. The molecule has 1 aromatic carbocycles. The second-order valence-electron chi connectivity index (χ2n) is 4.62. The quantitative estimate of drug-likeness (QED) is 0.803. The second-order valence-corrected chi connectivity index (χ2v) is 4.62. The van der Waals surface area contributed by atoms with Crippen LogP contribution in [0.3, 0.4) is 0 Å². The highest BCUT2D eigenvalue weighted by molar-refractivity contribution is 5.94. The minimum atomic E-state index is -0.0487. The Hall–Kier alpha value is -1.55. The number of hydrogen-bond donors (Lipinski definition) is 2. The highest BCUT2D eigenvalue weighted by Gasteiger charge is 2.41. The molecule has 0 aromatic heterocycles. The lowest BCUT2D eigenvalue weighted by Gasteiger charge is -2.13. The molecule has 0 radical (unpaired) electrons. The number of nitrogens with two attached hydrogens (primary N) is 1. The first-order valence-corrected chi connectivity index (χ1v) is 5.81. The van der Waals surface area contributed by atoms with Crippen molar-refractivity contribution in [3.63, 3.8) is 0 Å². The lowest BCUT2D eigenvalue weighted by molar-refractivity contribution is 0.0945. The number of rotatable bonds is 5. The Kier molecular flexibility index (Phi) is 3.33. The molecule has 1 fully saturated rings. The van der Waals surface area contributed by atoms with E-state index in [4.69, 9.17) is 10.5 Å². The van der Waals surface area contributed by atoms with Crippen molar-refractivity contribution in [1.82, 2.24) is 5.32 Å². The zero-order valence-electron chi connectivity index (χ0n) is 10.0. The van der Waals surface area contributed by atoms with E-state index < -0.39 is 0 Å². The third kappa shape index (κ3) is 2.77. The Labute approximate surface area is 101 Å². The fourth-order valence-corrected chi connectivity index (χ4v) is 1.74. The van der Waals surface area contributed by atoms with E-state index in [0.717, 1.165) is 18.6 Å².